The number of hydrogen-bond acceptors (Lipinski definition) is 1. The van der Waals surface area contributed by atoms with Crippen molar-refractivity contribution in [1.29, 1.82) is 0 Å². The Morgan fingerprint density at radius 1 is 1.44 bits per heavy atom. The summed E-state index contributed by atoms with van der Waals surface area (Å²) in [6.07, 6.45) is 0. The van der Waals surface area contributed by atoms with Gasteiger partial charge in [-0.3, -0.25) is 4.99 Å². The summed E-state index contributed by atoms with van der Waals surface area (Å²) >= 11 is 0. The van der Waals surface area contributed by atoms with Crippen LogP contribution in [0.4, 0.5) is 0 Å². The third-order valence-electron chi connectivity index (χ3n) is 0.859. The summed E-state index contributed by atoms with van der Waals surface area (Å²) in [6, 6.07) is 0. The lowest BCUT2D eigenvalue weighted by Gasteiger charge is -2.12. The molecule has 0 aliphatic rings. The molecular formula is C5H15N3O. The Balaban J connectivity index is 0. The molecule has 0 bridgehead atoms. The van der Waals surface area contributed by atoms with E-state index in [0.717, 1.165) is 5.96 Å². The number of aliphatic imine (C=N–C) groups is 1. The Kier molecular flexibility index (Phi) is 6.61. The smallest absolute Gasteiger partial charge is 0.192 e. The first kappa shape index (κ1) is 11.1. The Bertz CT molecular complexity index is 90.2. The second-order valence-corrected chi connectivity index (χ2v) is 1.69. The van der Waals surface area contributed by atoms with Gasteiger partial charge in [-0.15, -0.1) is 0 Å². The average Bonchev–Trinajstić information content (AvgIpc) is 1.69. The van der Waals surface area contributed by atoms with Gasteiger partial charge in [-0.25, -0.2) is 0 Å². The van der Waals surface area contributed by atoms with E-state index >= 15 is 0 Å². The molecule has 0 radical (unpaired) electrons. The van der Waals surface area contributed by atoms with Crippen LogP contribution >= 0.6 is 0 Å². The first-order valence-corrected chi connectivity index (χ1v) is 2.54. The van der Waals surface area contributed by atoms with Gasteiger partial charge in [-0.2, -0.15) is 0 Å². The highest BCUT2D eigenvalue weighted by atomic mass is 16.0. The highest BCUT2D eigenvalue weighted by Gasteiger charge is 1.91. The molecule has 0 aromatic carbocycles. The molecule has 0 saturated heterocycles. The molecule has 0 atom stereocenters. The van der Waals surface area contributed by atoms with Crippen LogP contribution in [-0.4, -0.2) is 44.5 Å². The number of nitrogens with one attached hydrogen (secondary N) is 1. The minimum Gasteiger partial charge on any atom is -0.412 e. The van der Waals surface area contributed by atoms with Crippen LogP contribution in [0, 0.1) is 0 Å². The second kappa shape index (κ2) is 5.37. The third-order valence-corrected chi connectivity index (χ3v) is 0.859. The Hall–Kier alpha value is -0.770. The lowest BCUT2D eigenvalue weighted by atomic mass is 10.8. The van der Waals surface area contributed by atoms with Crippen molar-refractivity contribution in [3.05, 3.63) is 0 Å². The van der Waals surface area contributed by atoms with E-state index in [-0.39, 0.29) is 5.48 Å². The van der Waals surface area contributed by atoms with Crippen LogP contribution in [0.2, 0.25) is 0 Å². The monoisotopic (exact) mass is 133 g/mol. The van der Waals surface area contributed by atoms with Crippen molar-refractivity contribution >= 4 is 5.96 Å². The highest BCUT2D eigenvalue weighted by Crippen LogP contribution is 1.73. The summed E-state index contributed by atoms with van der Waals surface area (Å²) in [6.45, 7) is 0. The fourth-order valence-electron chi connectivity index (χ4n) is 0.535. The van der Waals surface area contributed by atoms with Crippen molar-refractivity contribution in [3.8, 4) is 0 Å². The molecule has 0 unspecified atom stereocenters. The minimum absolute atomic E-state index is 0. The van der Waals surface area contributed by atoms with Crippen molar-refractivity contribution in [2.24, 2.45) is 4.99 Å². The SMILES string of the molecule is C/N=C(\NC)N(C)C.O. The van der Waals surface area contributed by atoms with Crippen molar-refractivity contribution in [2.75, 3.05) is 28.2 Å². The quantitative estimate of drug-likeness (QED) is 0.338. The third kappa shape index (κ3) is 3.78. The van der Waals surface area contributed by atoms with Gasteiger partial charge in [0, 0.05) is 28.2 Å². The first-order chi connectivity index (χ1) is 3.72. The average molecular weight is 133 g/mol. The van der Waals surface area contributed by atoms with Gasteiger partial charge in [0.05, 0.1) is 0 Å². The predicted octanol–water partition coefficient (Wildman–Crippen LogP) is -1.07. The highest BCUT2D eigenvalue weighted by molar-refractivity contribution is 5.78. The Morgan fingerprint density at radius 3 is 1.89 bits per heavy atom. The normalized spacial score (nSPS) is 10.0. The number of hydrogen-bond donors (Lipinski definition) is 1. The zero-order chi connectivity index (χ0) is 6.57. The van der Waals surface area contributed by atoms with E-state index in [1.807, 2.05) is 26.0 Å². The molecule has 0 aliphatic heterocycles. The molecular weight excluding hydrogens is 118 g/mol. The van der Waals surface area contributed by atoms with E-state index in [1.165, 1.54) is 0 Å². The summed E-state index contributed by atoms with van der Waals surface area (Å²) in [5, 5.41) is 2.93. The minimum atomic E-state index is 0. The molecule has 9 heavy (non-hydrogen) atoms. The number of nitrogens with zero attached hydrogens (tertiary/aromatic N) is 2. The maximum atomic E-state index is 3.94. The van der Waals surface area contributed by atoms with Crippen molar-refractivity contribution < 1.29 is 5.48 Å². The lowest BCUT2D eigenvalue weighted by molar-refractivity contribution is 0.596. The standard InChI is InChI=1S/C5H13N3.H2O/c1-6-5(7-2)8(3)4;/h1-4H3,(H,6,7);1H2. The molecule has 0 aromatic heterocycles. The molecule has 56 valence electrons. The summed E-state index contributed by atoms with van der Waals surface area (Å²) in [4.78, 5) is 5.85. The number of rotatable bonds is 0. The van der Waals surface area contributed by atoms with Crippen LogP contribution in [0.3, 0.4) is 0 Å². The fourth-order valence-corrected chi connectivity index (χ4v) is 0.535. The lowest BCUT2D eigenvalue weighted by Crippen LogP contribution is -2.33. The van der Waals surface area contributed by atoms with Gasteiger partial charge in [0.15, 0.2) is 5.96 Å². The van der Waals surface area contributed by atoms with Crippen molar-refractivity contribution in [2.45, 2.75) is 0 Å². The van der Waals surface area contributed by atoms with Gasteiger partial charge < -0.3 is 15.7 Å². The fraction of sp³-hybridized carbons (Fsp3) is 0.800. The maximum absolute atomic E-state index is 3.94. The maximum Gasteiger partial charge on any atom is 0.192 e. The van der Waals surface area contributed by atoms with Gasteiger partial charge >= 0.3 is 0 Å². The molecule has 0 spiro atoms. The van der Waals surface area contributed by atoms with Crippen molar-refractivity contribution in [1.82, 2.24) is 10.2 Å². The Labute approximate surface area is 55.9 Å². The molecule has 0 amide bonds. The summed E-state index contributed by atoms with van der Waals surface area (Å²) < 4.78 is 0. The molecule has 0 aromatic rings. The Morgan fingerprint density at radius 2 is 1.89 bits per heavy atom. The van der Waals surface area contributed by atoms with Crippen LogP contribution < -0.4 is 5.32 Å². The summed E-state index contributed by atoms with van der Waals surface area (Å²) in [7, 11) is 7.49. The molecule has 0 saturated carbocycles. The summed E-state index contributed by atoms with van der Waals surface area (Å²) in [5.41, 5.74) is 0. The topological polar surface area (TPSA) is 59.1 Å². The van der Waals surface area contributed by atoms with Crippen LogP contribution in [0.25, 0.3) is 0 Å². The molecule has 0 rings (SSSR count). The zero-order valence-corrected chi connectivity index (χ0v) is 6.39. The van der Waals surface area contributed by atoms with Gasteiger partial charge in [0.2, 0.25) is 0 Å². The van der Waals surface area contributed by atoms with Gasteiger partial charge in [0.1, 0.15) is 0 Å². The van der Waals surface area contributed by atoms with Crippen LogP contribution in [0.15, 0.2) is 4.99 Å². The molecule has 0 fully saturated rings. The summed E-state index contributed by atoms with van der Waals surface area (Å²) in [5.74, 6) is 0.894. The van der Waals surface area contributed by atoms with E-state index in [0.29, 0.717) is 0 Å². The van der Waals surface area contributed by atoms with Gasteiger partial charge in [0.25, 0.3) is 0 Å². The second-order valence-electron chi connectivity index (χ2n) is 1.69. The van der Waals surface area contributed by atoms with E-state index in [1.54, 1.807) is 7.05 Å². The van der Waals surface area contributed by atoms with Crippen LogP contribution in [-0.2, 0) is 0 Å². The zero-order valence-electron chi connectivity index (χ0n) is 6.39. The van der Waals surface area contributed by atoms with Gasteiger partial charge in [-0.05, 0) is 0 Å². The molecule has 4 nitrogen and oxygen atoms in total. The van der Waals surface area contributed by atoms with Gasteiger partial charge in [-0.1, -0.05) is 0 Å². The molecule has 3 N–H and O–H groups in total. The van der Waals surface area contributed by atoms with Crippen LogP contribution in [0.5, 0.6) is 0 Å². The van der Waals surface area contributed by atoms with Crippen LogP contribution in [0.1, 0.15) is 0 Å². The molecule has 0 aliphatic carbocycles. The van der Waals surface area contributed by atoms with E-state index < -0.39 is 0 Å². The van der Waals surface area contributed by atoms with E-state index in [4.69, 9.17) is 0 Å². The van der Waals surface area contributed by atoms with E-state index in [9.17, 15) is 0 Å². The number of guanidine groups is 1. The van der Waals surface area contributed by atoms with Crippen molar-refractivity contribution in [3.63, 3.8) is 0 Å². The van der Waals surface area contributed by atoms with E-state index in [2.05, 4.69) is 10.3 Å². The first-order valence-electron chi connectivity index (χ1n) is 2.54. The predicted molar refractivity (Wildman–Crippen MR) is 39.7 cm³/mol. The molecule has 0 heterocycles. The largest absolute Gasteiger partial charge is 0.412 e. The molecule has 4 heteroatoms.